The minimum absolute atomic E-state index is 0.940. The van der Waals surface area contributed by atoms with Crippen molar-refractivity contribution in [3.63, 3.8) is 0 Å². The Morgan fingerprint density at radius 1 is 0.765 bits per heavy atom. The molecule has 0 saturated heterocycles. The molecule has 3 atom stereocenters. The fourth-order valence-corrected chi connectivity index (χ4v) is 6.43. The van der Waals surface area contributed by atoms with Gasteiger partial charge in [-0.1, -0.05) is 13.8 Å². The summed E-state index contributed by atoms with van der Waals surface area (Å²) in [4.78, 5) is 0. The van der Waals surface area contributed by atoms with Crippen LogP contribution in [0.3, 0.4) is 0 Å². The minimum Gasteiger partial charge on any atom is -0.161 e. The maximum atomic E-state index is 2.45. The van der Waals surface area contributed by atoms with Gasteiger partial charge in [0.1, 0.15) is 0 Å². The van der Waals surface area contributed by atoms with Gasteiger partial charge >= 0.3 is 0 Å². The van der Waals surface area contributed by atoms with E-state index in [4.69, 9.17) is 0 Å². The van der Waals surface area contributed by atoms with Gasteiger partial charge in [-0.05, 0) is 63.0 Å². The van der Waals surface area contributed by atoms with Gasteiger partial charge in [-0.3, -0.25) is 0 Å². The van der Waals surface area contributed by atoms with Crippen LogP contribution in [0, 0.1) is 11.8 Å². The Bertz CT molecular complexity index is 221. The van der Waals surface area contributed by atoms with Crippen LogP contribution in [0.15, 0.2) is 0 Å². The van der Waals surface area contributed by atoms with Crippen molar-refractivity contribution in [1.29, 1.82) is 0 Å². The third-order valence-electron chi connectivity index (χ3n) is 4.63. The molecule has 0 heterocycles. The molecule has 2 fully saturated rings. The van der Waals surface area contributed by atoms with E-state index in [0.29, 0.717) is 0 Å². The minimum atomic E-state index is 0.940. The summed E-state index contributed by atoms with van der Waals surface area (Å²) in [6.45, 7) is 4.88. The van der Waals surface area contributed by atoms with Gasteiger partial charge in [-0.15, -0.1) is 0 Å². The number of thioether (sulfide) groups is 2. The molecule has 100 valence electrons. The van der Waals surface area contributed by atoms with Crippen LogP contribution >= 0.6 is 23.5 Å². The number of rotatable bonds is 3. The summed E-state index contributed by atoms with van der Waals surface area (Å²) in [7, 11) is 0. The van der Waals surface area contributed by atoms with Crippen LogP contribution < -0.4 is 0 Å². The van der Waals surface area contributed by atoms with E-state index >= 15 is 0 Å². The molecule has 0 aromatic carbocycles. The van der Waals surface area contributed by atoms with Gasteiger partial charge in [0.15, 0.2) is 0 Å². The maximum Gasteiger partial charge on any atom is 0.0171 e. The van der Waals surface area contributed by atoms with Gasteiger partial charge < -0.3 is 0 Å². The standard InChI is InChI=1S/C15H28S2/c1-11-4-7-13(8-5-11)17-15-10-12(2)6-9-14(15)16-3/h11-15H,4-10H2,1-3H3. The average molecular weight is 273 g/mol. The highest BCUT2D eigenvalue weighted by atomic mass is 32.2. The molecule has 2 saturated carbocycles. The van der Waals surface area contributed by atoms with E-state index in [0.717, 1.165) is 27.6 Å². The first kappa shape index (κ1) is 14.1. The largest absolute Gasteiger partial charge is 0.161 e. The zero-order chi connectivity index (χ0) is 12.3. The summed E-state index contributed by atoms with van der Waals surface area (Å²) in [6, 6.07) is 0. The van der Waals surface area contributed by atoms with Crippen LogP contribution in [0.4, 0.5) is 0 Å². The quantitative estimate of drug-likeness (QED) is 0.691. The van der Waals surface area contributed by atoms with E-state index in [1.165, 1.54) is 44.9 Å². The molecule has 2 heteroatoms. The molecule has 0 bridgehead atoms. The Kier molecular flexibility index (Phi) is 5.60. The van der Waals surface area contributed by atoms with Crippen molar-refractivity contribution in [2.24, 2.45) is 11.8 Å². The molecule has 0 aromatic heterocycles. The molecule has 0 N–H and O–H groups in total. The summed E-state index contributed by atoms with van der Waals surface area (Å²) in [5, 5.41) is 2.87. The van der Waals surface area contributed by atoms with Crippen LogP contribution in [-0.4, -0.2) is 22.0 Å². The lowest BCUT2D eigenvalue weighted by molar-refractivity contribution is 0.383. The third-order valence-corrected chi connectivity index (χ3v) is 7.70. The van der Waals surface area contributed by atoms with E-state index in [-0.39, 0.29) is 0 Å². The van der Waals surface area contributed by atoms with Gasteiger partial charge in [0.2, 0.25) is 0 Å². The highest BCUT2D eigenvalue weighted by molar-refractivity contribution is 8.03. The molecule has 2 rings (SSSR count). The molecule has 0 amide bonds. The van der Waals surface area contributed by atoms with E-state index in [1.54, 1.807) is 0 Å². The Hall–Kier alpha value is 0.700. The molecule has 17 heavy (non-hydrogen) atoms. The molecule has 0 spiro atoms. The van der Waals surface area contributed by atoms with Gasteiger partial charge in [0.25, 0.3) is 0 Å². The molecular formula is C15H28S2. The second-order valence-corrected chi connectivity index (χ2v) is 8.87. The van der Waals surface area contributed by atoms with E-state index in [9.17, 15) is 0 Å². The van der Waals surface area contributed by atoms with Crippen LogP contribution in [0.2, 0.25) is 0 Å². The highest BCUT2D eigenvalue weighted by Crippen LogP contribution is 2.42. The third kappa shape index (κ3) is 4.09. The summed E-state index contributed by atoms with van der Waals surface area (Å²) in [6.07, 6.45) is 12.6. The summed E-state index contributed by atoms with van der Waals surface area (Å²) < 4.78 is 0. The Labute approximate surface area is 116 Å². The maximum absolute atomic E-state index is 2.45. The van der Waals surface area contributed by atoms with Crippen molar-refractivity contribution >= 4 is 23.5 Å². The first-order chi connectivity index (χ1) is 8.19. The molecular weight excluding hydrogens is 244 g/mol. The van der Waals surface area contributed by atoms with Crippen molar-refractivity contribution in [3.05, 3.63) is 0 Å². The molecule has 2 aliphatic rings. The molecule has 0 aromatic rings. The van der Waals surface area contributed by atoms with Crippen LogP contribution in [-0.2, 0) is 0 Å². The molecule has 2 aliphatic carbocycles. The van der Waals surface area contributed by atoms with Gasteiger partial charge in [0.05, 0.1) is 0 Å². The summed E-state index contributed by atoms with van der Waals surface area (Å²) in [5.74, 6) is 1.96. The van der Waals surface area contributed by atoms with Crippen LogP contribution in [0.25, 0.3) is 0 Å². The van der Waals surface area contributed by atoms with Crippen LogP contribution in [0.1, 0.15) is 58.8 Å². The fraction of sp³-hybridized carbons (Fsp3) is 1.00. The SMILES string of the molecule is CSC1CCC(C)CC1SC1CCC(C)CC1. The molecule has 0 nitrogen and oxygen atoms in total. The van der Waals surface area contributed by atoms with Crippen molar-refractivity contribution in [2.75, 3.05) is 6.26 Å². The molecule has 0 aliphatic heterocycles. The predicted molar refractivity (Wildman–Crippen MR) is 83.1 cm³/mol. The lowest BCUT2D eigenvalue weighted by Crippen LogP contribution is -2.31. The predicted octanol–water partition coefficient (Wildman–Crippen LogP) is 5.22. The molecule has 0 radical (unpaired) electrons. The van der Waals surface area contributed by atoms with Crippen molar-refractivity contribution in [2.45, 2.75) is 74.5 Å². The summed E-state index contributed by atoms with van der Waals surface area (Å²) >= 11 is 4.48. The smallest absolute Gasteiger partial charge is 0.0171 e. The van der Waals surface area contributed by atoms with Crippen molar-refractivity contribution < 1.29 is 0 Å². The van der Waals surface area contributed by atoms with Gasteiger partial charge in [0, 0.05) is 15.7 Å². The molecule has 3 unspecified atom stereocenters. The lowest BCUT2D eigenvalue weighted by atomic mass is 9.90. The lowest BCUT2D eigenvalue weighted by Gasteiger charge is -2.37. The van der Waals surface area contributed by atoms with E-state index in [2.05, 4.69) is 43.6 Å². The van der Waals surface area contributed by atoms with E-state index < -0.39 is 0 Å². The van der Waals surface area contributed by atoms with Gasteiger partial charge in [-0.2, -0.15) is 23.5 Å². The van der Waals surface area contributed by atoms with Crippen molar-refractivity contribution in [3.8, 4) is 0 Å². The second kappa shape index (κ2) is 6.75. The Morgan fingerprint density at radius 3 is 2.06 bits per heavy atom. The highest BCUT2D eigenvalue weighted by Gasteiger charge is 2.31. The van der Waals surface area contributed by atoms with Gasteiger partial charge in [-0.25, -0.2) is 0 Å². The van der Waals surface area contributed by atoms with Crippen molar-refractivity contribution in [1.82, 2.24) is 0 Å². The zero-order valence-corrected chi connectivity index (χ0v) is 13.3. The monoisotopic (exact) mass is 272 g/mol. The normalized spacial score (nSPS) is 43.6. The Balaban J connectivity index is 1.83. The first-order valence-electron chi connectivity index (χ1n) is 7.37. The Morgan fingerprint density at radius 2 is 1.41 bits per heavy atom. The number of hydrogen-bond acceptors (Lipinski definition) is 2. The van der Waals surface area contributed by atoms with E-state index in [1.807, 2.05) is 0 Å². The zero-order valence-electron chi connectivity index (χ0n) is 11.7. The van der Waals surface area contributed by atoms with Crippen LogP contribution in [0.5, 0.6) is 0 Å². The second-order valence-electron chi connectivity index (χ2n) is 6.25. The summed E-state index contributed by atoms with van der Waals surface area (Å²) in [5.41, 5.74) is 0. The average Bonchev–Trinajstić information content (AvgIpc) is 2.32. The number of hydrogen-bond donors (Lipinski definition) is 0. The first-order valence-corrected chi connectivity index (χ1v) is 9.60. The topological polar surface area (TPSA) is 0 Å². The fourth-order valence-electron chi connectivity index (χ4n) is 3.33.